The fourth-order valence-corrected chi connectivity index (χ4v) is 6.07. The number of nitro groups is 1. The van der Waals surface area contributed by atoms with E-state index in [9.17, 15) is 23.3 Å². The molecule has 1 aliphatic rings. The van der Waals surface area contributed by atoms with Crippen LogP contribution in [0.25, 0.3) is 0 Å². The van der Waals surface area contributed by atoms with Crippen LogP contribution in [0, 0.1) is 10.1 Å². The SMILES string of the molecule is O=C(c1ccc(NS(=O)(=O)c2ccccc2[N+](=O)[O-])cc1)N1c2ccccc2Sc2ccccc21. The number of nitro benzene ring substituents is 1. The normalized spacial score (nSPS) is 12.4. The third-order valence-electron chi connectivity index (χ3n) is 5.37. The fourth-order valence-electron chi connectivity index (χ4n) is 3.78. The van der Waals surface area contributed by atoms with Gasteiger partial charge < -0.3 is 0 Å². The number of para-hydroxylation sites is 3. The number of hydrogen-bond donors (Lipinski definition) is 1. The molecule has 0 saturated heterocycles. The third kappa shape index (κ3) is 4.25. The summed E-state index contributed by atoms with van der Waals surface area (Å²) in [4.78, 5) is 27.2. The zero-order chi connectivity index (χ0) is 24.6. The van der Waals surface area contributed by atoms with Crippen molar-refractivity contribution in [3.05, 3.63) is 113 Å². The van der Waals surface area contributed by atoms with Crippen LogP contribution in [0.1, 0.15) is 10.4 Å². The van der Waals surface area contributed by atoms with Gasteiger partial charge in [0, 0.05) is 27.1 Å². The molecule has 0 aliphatic carbocycles. The molecule has 0 radical (unpaired) electrons. The van der Waals surface area contributed by atoms with Crippen molar-refractivity contribution in [3.8, 4) is 0 Å². The Morgan fingerprint density at radius 1 is 0.800 bits per heavy atom. The lowest BCUT2D eigenvalue weighted by Gasteiger charge is -2.31. The molecule has 1 aliphatic heterocycles. The first-order valence-electron chi connectivity index (χ1n) is 10.4. The van der Waals surface area contributed by atoms with Gasteiger partial charge in [0.2, 0.25) is 0 Å². The van der Waals surface area contributed by atoms with Crippen LogP contribution in [0.3, 0.4) is 0 Å². The van der Waals surface area contributed by atoms with Crippen molar-refractivity contribution < 1.29 is 18.1 Å². The van der Waals surface area contributed by atoms with Crippen LogP contribution in [0.4, 0.5) is 22.7 Å². The first kappa shape index (κ1) is 22.6. The zero-order valence-corrected chi connectivity index (χ0v) is 19.6. The van der Waals surface area contributed by atoms with Gasteiger partial charge in [0.1, 0.15) is 0 Å². The molecule has 0 unspecified atom stereocenters. The lowest BCUT2D eigenvalue weighted by Crippen LogP contribution is -2.28. The summed E-state index contributed by atoms with van der Waals surface area (Å²) < 4.78 is 27.9. The molecule has 1 amide bonds. The van der Waals surface area contributed by atoms with E-state index in [2.05, 4.69) is 4.72 Å². The Bertz CT molecular complexity index is 1520. The molecule has 4 aromatic carbocycles. The number of nitrogens with one attached hydrogen (secondary N) is 1. The van der Waals surface area contributed by atoms with Gasteiger partial charge in [-0.2, -0.15) is 0 Å². The van der Waals surface area contributed by atoms with Crippen LogP contribution in [-0.4, -0.2) is 19.2 Å². The van der Waals surface area contributed by atoms with Crippen LogP contribution in [0.5, 0.6) is 0 Å². The van der Waals surface area contributed by atoms with Crippen molar-refractivity contribution in [2.24, 2.45) is 0 Å². The molecule has 10 heteroatoms. The first-order chi connectivity index (χ1) is 16.8. The highest BCUT2D eigenvalue weighted by molar-refractivity contribution is 7.99. The summed E-state index contributed by atoms with van der Waals surface area (Å²) in [5.74, 6) is -0.265. The Morgan fingerprint density at radius 3 is 1.94 bits per heavy atom. The second-order valence-corrected chi connectivity index (χ2v) is 10.3. The van der Waals surface area contributed by atoms with Crippen LogP contribution in [0.15, 0.2) is 112 Å². The zero-order valence-electron chi connectivity index (χ0n) is 18.0. The summed E-state index contributed by atoms with van der Waals surface area (Å²) in [7, 11) is -4.21. The number of nitrogens with zero attached hydrogens (tertiary/aromatic N) is 2. The highest BCUT2D eigenvalue weighted by Gasteiger charge is 2.29. The topological polar surface area (TPSA) is 110 Å². The van der Waals surface area contributed by atoms with E-state index in [0.717, 1.165) is 27.2 Å². The minimum Gasteiger partial charge on any atom is -0.279 e. The Balaban J connectivity index is 1.45. The largest absolute Gasteiger partial charge is 0.289 e. The van der Waals surface area contributed by atoms with E-state index in [1.807, 2.05) is 48.5 Å². The number of anilines is 3. The number of benzene rings is 4. The van der Waals surface area contributed by atoms with Gasteiger partial charge in [-0.05, 0) is 54.6 Å². The van der Waals surface area contributed by atoms with Gasteiger partial charge in [0.05, 0.1) is 16.3 Å². The van der Waals surface area contributed by atoms with Gasteiger partial charge in [-0.25, -0.2) is 8.42 Å². The molecule has 5 rings (SSSR count). The van der Waals surface area contributed by atoms with E-state index < -0.39 is 25.5 Å². The molecule has 0 fully saturated rings. The van der Waals surface area contributed by atoms with Crippen molar-refractivity contribution in [2.75, 3.05) is 9.62 Å². The lowest BCUT2D eigenvalue weighted by atomic mass is 10.1. The van der Waals surface area contributed by atoms with Crippen molar-refractivity contribution in [3.63, 3.8) is 0 Å². The second kappa shape index (κ2) is 8.90. The molecule has 0 aromatic heterocycles. The number of carbonyl (C=O) groups excluding carboxylic acids is 1. The van der Waals surface area contributed by atoms with Gasteiger partial charge in [0.25, 0.3) is 21.6 Å². The van der Waals surface area contributed by atoms with Crippen molar-refractivity contribution in [1.82, 2.24) is 0 Å². The minimum absolute atomic E-state index is 0.176. The molecule has 1 heterocycles. The molecular formula is C25H17N3O5S2. The van der Waals surface area contributed by atoms with E-state index in [-0.39, 0.29) is 11.6 Å². The smallest absolute Gasteiger partial charge is 0.279 e. The van der Waals surface area contributed by atoms with Crippen LogP contribution < -0.4 is 9.62 Å². The quantitative estimate of drug-likeness (QED) is 0.271. The van der Waals surface area contributed by atoms with Gasteiger partial charge in [0.15, 0.2) is 4.90 Å². The summed E-state index contributed by atoms with van der Waals surface area (Å²) in [6.07, 6.45) is 0. The Labute approximate surface area is 205 Å². The number of fused-ring (bicyclic) bond motifs is 2. The van der Waals surface area contributed by atoms with Crippen molar-refractivity contribution in [2.45, 2.75) is 14.7 Å². The van der Waals surface area contributed by atoms with Gasteiger partial charge in [-0.15, -0.1) is 0 Å². The summed E-state index contributed by atoms with van der Waals surface area (Å²) in [5, 5.41) is 11.2. The number of amides is 1. The van der Waals surface area contributed by atoms with E-state index in [4.69, 9.17) is 0 Å². The molecule has 0 spiro atoms. The van der Waals surface area contributed by atoms with Crippen LogP contribution in [0.2, 0.25) is 0 Å². The third-order valence-corrected chi connectivity index (χ3v) is 7.93. The summed E-state index contributed by atoms with van der Waals surface area (Å²) in [6.45, 7) is 0. The second-order valence-electron chi connectivity index (χ2n) is 7.59. The molecule has 1 N–H and O–H groups in total. The van der Waals surface area contributed by atoms with Crippen LogP contribution >= 0.6 is 11.8 Å². The van der Waals surface area contributed by atoms with E-state index in [1.54, 1.807) is 16.7 Å². The standard InChI is InChI=1S/C25H17N3O5S2/c29-25(27-19-7-1-4-10-22(19)34-23-11-5-2-8-20(23)27)17-13-15-18(16-14-17)26-35(32,33)24-12-6-3-9-21(24)28(30)31/h1-16,26H. The average molecular weight is 504 g/mol. The average Bonchev–Trinajstić information content (AvgIpc) is 2.87. The molecule has 174 valence electrons. The predicted octanol–water partition coefficient (Wildman–Crippen LogP) is 5.84. The lowest BCUT2D eigenvalue weighted by molar-refractivity contribution is -0.387. The molecular weight excluding hydrogens is 486 g/mol. The molecule has 0 bridgehead atoms. The maximum Gasteiger partial charge on any atom is 0.289 e. The Kier molecular flexibility index (Phi) is 5.75. The fraction of sp³-hybridized carbons (Fsp3) is 0. The van der Waals surface area contributed by atoms with Crippen LogP contribution in [-0.2, 0) is 10.0 Å². The highest BCUT2D eigenvalue weighted by Crippen LogP contribution is 2.48. The maximum atomic E-state index is 13.6. The van der Waals surface area contributed by atoms with Crippen molar-refractivity contribution in [1.29, 1.82) is 0 Å². The Hall–Kier alpha value is -4.15. The molecule has 8 nitrogen and oxygen atoms in total. The van der Waals surface area contributed by atoms with E-state index in [1.165, 1.54) is 42.5 Å². The molecule has 4 aromatic rings. The van der Waals surface area contributed by atoms with Gasteiger partial charge in [-0.1, -0.05) is 48.2 Å². The van der Waals surface area contributed by atoms with Gasteiger partial charge >= 0.3 is 0 Å². The van der Waals surface area contributed by atoms with E-state index >= 15 is 0 Å². The highest BCUT2D eigenvalue weighted by atomic mass is 32.2. The predicted molar refractivity (Wildman–Crippen MR) is 134 cm³/mol. The summed E-state index contributed by atoms with van der Waals surface area (Å²) in [6, 6.07) is 26.3. The van der Waals surface area contributed by atoms with Crippen molar-refractivity contribution >= 4 is 50.4 Å². The van der Waals surface area contributed by atoms with E-state index in [0.29, 0.717) is 5.56 Å². The summed E-state index contributed by atoms with van der Waals surface area (Å²) >= 11 is 1.59. The number of carbonyl (C=O) groups is 1. The number of hydrogen-bond acceptors (Lipinski definition) is 6. The van der Waals surface area contributed by atoms with Gasteiger partial charge in [-0.3, -0.25) is 24.5 Å². The molecule has 0 saturated carbocycles. The monoisotopic (exact) mass is 503 g/mol. The number of sulfonamides is 1. The Morgan fingerprint density at radius 2 is 1.34 bits per heavy atom. The number of rotatable bonds is 5. The minimum atomic E-state index is -4.21. The first-order valence-corrected chi connectivity index (χ1v) is 12.7. The molecule has 35 heavy (non-hydrogen) atoms. The summed E-state index contributed by atoms with van der Waals surface area (Å²) in [5.41, 5.74) is 1.54. The maximum absolute atomic E-state index is 13.6. The molecule has 0 atom stereocenters.